The quantitative estimate of drug-likeness (QED) is 0.749. The Morgan fingerprint density at radius 3 is 2.11 bits per heavy atom. The maximum absolute atomic E-state index is 12.8. The van der Waals surface area contributed by atoms with Crippen molar-refractivity contribution in [1.82, 2.24) is 0 Å². The van der Waals surface area contributed by atoms with Gasteiger partial charge in [-0.05, 0) is 54.8 Å². The summed E-state index contributed by atoms with van der Waals surface area (Å²) in [5, 5.41) is 2.82. The molecule has 2 aromatic rings. The molecule has 0 spiro atoms. The van der Waals surface area contributed by atoms with Crippen LogP contribution < -0.4 is 14.4 Å². The molecule has 2 aromatic carbocycles. The van der Waals surface area contributed by atoms with Crippen molar-refractivity contribution in [2.45, 2.75) is 32.7 Å². The Hall–Kier alpha value is -2.54. The molecule has 7 heteroatoms. The lowest BCUT2D eigenvalue weighted by Crippen LogP contribution is -2.46. The second-order valence-corrected chi connectivity index (χ2v) is 8.08. The van der Waals surface area contributed by atoms with Crippen molar-refractivity contribution in [2.75, 3.05) is 23.0 Å². The lowest BCUT2D eigenvalue weighted by molar-refractivity contribution is -0.117. The van der Waals surface area contributed by atoms with E-state index in [-0.39, 0.29) is 5.91 Å². The van der Waals surface area contributed by atoms with Gasteiger partial charge in [-0.15, -0.1) is 0 Å². The Morgan fingerprint density at radius 2 is 1.67 bits per heavy atom. The molecule has 0 radical (unpaired) electrons. The van der Waals surface area contributed by atoms with Crippen LogP contribution in [-0.4, -0.2) is 33.7 Å². The predicted octanol–water partition coefficient (Wildman–Crippen LogP) is 3.44. The molecule has 0 saturated carbocycles. The fourth-order valence-corrected chi connectivity index (χ4v) is 4.05. The van der Waals surface area contributed by atoms with Crippen LogP contribution in [0.1, 0.15) is 25.8 Å². The van der Waals surface area contributed by atoms with Crippen LogP contribution >= 0.6 is 0 Å². The van der Waals surface area contributed by atoms with Gasteiger partial charge in [0.15, 0.2) is 0 Å². The molecule has 0 aliphatic rings. The maximum atomic E-state index is 12.8. The van der Waals surface area contributed by atoms with Gasteiger partial charge in [-0.25, -0.2) is 8.42 Å². The lowest BCUT2D eigenvalue weighted by Gasteiger charge is -2.30. The van der Waals surface area contributed by atoms with Crippen LogP contribution in [0, 0.1) is 0 Å². The highest BCUT2D eigenvalue weighted by molar-refractivity contribution is 7.92. The van der Waals surface area contributed by atoms with Gasteiger partial charge in [-0.3, -0.25) is 9.10 Å². The molecule has 146 valence electrons. The highest BCUT2D eigenvalue weighted by Crippen LogP contribution is 2.25. The van der Waals surface area contributed by atoms with E-state index >= 15 is 0 Å². The second kappa shape index (κ2) is 8.90. The molecule has 1 amide bonds. The van der Waals surface area contributed by atoms with Gasteiger partial charge in [0, 0.05) is 5.69 Å². The summed E-state index contributed by atoms with van der Waals surface area (Å²) in [4.78, 5) is 12.8. The van der Waals surface area contributed by atoms with Crippen LogP contribution in [-0.2, 0) is 21.2 Å². The van der Waals surface area contributed by atoms with E-state index in [1.165, 1.54) is 7.11 Å². The number of sulfonamides is 1. The highest BCUT2D eigenvalue weighted by Gasteiger charge is 2.31. The number of rotatable bonds is 8. The molecule has 0 aromatic heterocycles. The molecule has 1 N–H and O–H groups in total. The molecule has 2 rings (SSSR count). The molecule has 0 bridgehead atoms. The number of amides is 1. The minimum absolute atomic E-state index is 0.331. The Bertz CT molecular complexity index is 862. The molecular weight excluding hydrogens is 364 g/mol. The largest absolute Gasteiger partial charge is 0.497 e. The number of hydrogen-bond donors (Lipinski definition) is 1. The first-order valence-corrected chi connectivity index (χ1v) is 10.7. The van der Waals surface area contributed by atoms with E-state index in [0.29, 0.717) is 23.5 Å². The van der Waals surface area contributed by atoms with Gasteiger partial charge in [0.1, 0.15) is 11.8 Å². The van der Waals surface area contributed by atoms with E-state index in [1.807, 2.05) is 24.3 Å². The van der Waals surface area contributed by atoms with Gasteiger partial charge >= 0.3 is 0 Å². The SMILES string of the molecule is CCc1ccc(NC(=O)[C@H](CC)N(c2ccc(OC)cc2)S(C)(=O)=O)cc1. The zero-order valence-electron chi connectivity index (χ0n) is 16.1. The number of carbonyl (C=O) groups is 1. The summed E-state index contributed by atoms with van der Waals surface area (Å²) in [7, 11) is -2.13. The summed E-state index contributed by atoms with van der Waals surface area (Å²) in [6.45, 7) is 3.84. The summed E-state index contributed by atoms with van der Waals surface area (Å²) < 4.78 is 31.2. The second-order valence-electron chi connectivity index (χ2n) is 6.22. The number of methoxy groups -OCH3 is 1. The maximum Gasteiger partial charge on any atom is 0.248 e. The normalized spacial score (nSPS) is 12.3. The van der Waals surface area contributed by atoms with Crippen molar-refractivity contribution in [3.8, 4) is 5.75 Å². The van der Waals surface area contributed by atoms with E-state index in [0.717, 1.165) is 22.5 Å². The molecular formula is C20H26N2O4S. The third-order valence-electron chi connectivity index (χ3n) is 4.29. The zero-order valence-corrected chi connectivity index (χ0v) is 16.9. The van der Waals surface area contributed by atoms with Crippen molar-refractivity contribution in [3.63, 3.8) is 0 Å². The van der Waals surface area contributed by atoms with Gasteiger partial charge < -0.3 is 10.1 Å². The van der Waals surface area contributed by atoms with Crippen molar-refractivity contribution in [2.24, 2.45) is 0 Å². The number of hydrogen-bond acceptors (Lipinski definition) is 4. The highest BCUT2D eigenvalue weighted by atomic mass is 32.2. The monoisotopic (exact) mass is 390 g/mol. The average molecular weight is 391 g/mol. The minimum Gasteiger partial charge on any atom is -0.497 e. The van der Waals surface area contributed by atoms with Crippen LogP contribution in [0.15, 0.2) is 48.5 Å². The van der Waals surface area contributed by atoms with Crippen LogP contribution in [0.4, 0.5) is 11.4 Å². The fourth-order valence-electron chi connectivity index (χ4n) is 2.84. The molecule has 1 atom stereocenters. The Balaban J connectivity index is 2.31. The van der Waals surface area contributed by atoms with Gasteiger partial charge in [0.2, 0.25) is 15.9 Å². The van der Waals surface area contributed by atoms with Crippen LogP contribution in [0.3, 0.4) is 0 Å². The standard InChI is InChI=1S/C20H26N2O4S/c1-5-15-7-9-16(10-8-15)21-20(23)19(6-2)22(27(4,24)25)17-11-13-18(26-3)14-12-17/h7-14,19H,5-6H2,1-4H3,(H,21,23)/t19-/m0/s1. The van der Waals surface area contributed by atoms with Crippen LogP contribution in [0.2, 0.25) is 0 Å². The molecule has 0 heterocycles. The molecule has 27 heavy (non-hydrogen) atoms. The summed E-state index contributed by atoms with van der Waals surface area (Å²) in [6.07, 6.45) is 2.34. The molecule has 6 nitrogen and oxygen atoms in total. The van der Waals surface area contributed by atoms with Crippen molar-refractivity contribution >= 4 is 27.3 Å². The first kappa shape index (κ1) is 20.8. The van der Waals surface area contributed by atoms with Gasteiger partial charge in [-0.2, -0.15) is 0 Å². The summed E-state index contributed by atoms with van der Waals surface area (Å²) in [6, 6.07) is 13.3. The number of aryl methyl sites for hydroxylation is 1. The van der Waals surface area contributed by atoms with E-state index in [2.05, 4.69) is 12.2 Å². The molecule has 0 aliphatic heterocycles. The number of ether oxygens (including phenoxy) is 1. The third-order valence-corrected chi connectivity index (χ3v) is 5.47. The number of nitrogens with zero attached hydrogens (tertiary/aromatic N) is 1. The van der Waals surface area contributed by atoms with Crippen LogP contribution in [0.25, 0.3) is 0 Å². The number of carbonyl (C=O) groups excluding carboxylic acids is 1. The fraction of sp³-hybridized carbons (Fsp3) is 0.350. The van der Waals surface area contributed by atoms with E-state index in [4.69, 9.17) is 4.74 Å². The number of nitrogens with one attached hydrogen (secondary N) is 1. The van der Waals surface area contributed by atoms with Crippen molar-refractivity contribution in [1.29, 1.82) is 0 Å². The van der Waals surface area contributed by atoms with E-state index in [1.54, 1.807) is 31.2 Å². The Morgan fingerprint density at radius 1 is 1.07 bits per heavy atom. The lowest BCUT2D eigenvalue weighted by atomic mass is 10.1. The molecule has 0 fully saturated rings. The molecule has 0 aliphatic carbocycles. The summed E-state index contributed by atoms with van der Waals surface area (Å²) in [5.41, 5.74) is 2.22. The van der Waals surface area contributed by atoms with Crippen molar-refractivity contribution < 1.29 is 17.9 Å². The van der Waals surface area contributed by atoms with E-state index in [9.17, 15) is 13.2 Å². The van der Waals surface area contributed by atoms with Gasteiger partial charge in [-0.1, -0.05) is 26.0 Å². The summed E-state index contributed by atoms with van der Waals surface area (Å²) in [5.74, 6) is 0.240. The Kier molecular flexibility index (Phi) is 6.85. The van der Waals surface area contributed by atoms with E-state index < -0.39 is 16.1 Å². The van der Waals surface area contributed by atoms with Gasteiger partial charge in [0.05, 0.1) is 19.1 Å². The topological polar surface area (TPSA) is 75.7 Å². The average Bonchev–Trinajstić information content (AvgIpc) is 2.65. The Labute approximate surface area is 161 Å². The summed E-state index contributed by atoms with van der Waals surface area (Å²) >= 11 is 0. The minimum atomic E-state index is -3.67. The van der Waals surface area contributed by atoms with Crippen LogP contribution in [0.5, 0.6) is 5.75 Å². The number of benzene rings is 2. The predicted molar refractivity (Wildman–Crippen MR) is 109 cm³/mol. The smallest absolute Gasteiger partial charge is 0.248 e. The van der Waals surface area contributed by atoms with Gasteiger partial charge in [0.25, 0.3) is 0 Å². The third kappa shape index (κ3) is 5.23. The molecule has 0 saturated heterocycles. The first-order chi connectivity index (χ1) is 12.8. The first-order valence-electron chi connectivity index (χ1n) is 8.83. The van der Waals surface area contributed by atoms with Crippen molar-refractivity contribution in [3.05, 3.63) is 54.1 Å². The zero-order chi connectivity index (χ0) is 20.0. The molecule has 0 unspecified atom stereocenters. The number of anilines is 2.